The zero-order chi connectivity index (χ0) is 61.6. The lowest BCUT2D eigenvalue weighted by Gasteiger charge is -2.27. The van der Waals surface area contributed by atoms with E-state index in [1.165, 1.54) is 40.4 Å². The number of amides is 2. The molecule has 2 aromatic heterocycles. The van der Waals surface area contributed by atoms with Crippen LogP contribution >= 0.6 is 0 Å². The van der Waals surface area contributed by atoms with Gasteiger partial charge in [-0.3, -0.25) is 0 Å². The normalized spacial score (nSPS) is 14.7. The summed E-state index contributed by atoms with van der Waals surface area (Å²) in [5.74, 6) is 2.61. The minimum atomic E-state index is -5.14. The number of aromatic nitrogens is 5. The molecule has 8 aromatic rings. The largest absolute Gasteiger partial charge is 0.497 e. The molecule has 0 bridgehead atoms. The number of pyridine rings is 1. The number of likely N-dealkylation sites (tertiary alicyclic amines) is 1. The van der Waals surface area contributed by atoms with E-state index in [4.69, 9.17) is 38.5 Å². The van der Waals surface area contributed by atoms with Crippen LogP contribution in [-0.4, -0.2) is 128 Å². The predicted molar refractivity (Wildman–Crippen MR) is 324 cm³/mol. The molecule has 3 N–H and O–H groups in total. The van der Waals surface area contributed by atoms with Gasteiger partial charge in [0, 0.05) is 43.7 Å². The Morgan fingerprint density at radius 1 is 0.616 bits per heavy atom. The number of para-hydroxylation sites is 1. The van der Waals surface area contributed by atoms with Gasteiger partial charge in [-0.2, -0.15) is 9.10 Å². The molecule has 3 heterocycles. The van der Waals surface area contributed by atoms with Gasteiger partial charge in [0.05, 0.1) is 58.1 Å². The van der Waals surface area contributed by atoms with Gasteiger partial charge in [0.25, 0.3) is 0 Å². The van der Waals surface area contributed by atoms with Gasteiger partial charge in [0.1, 0.15) is 49.8 Å². The minimum absolute atomic E-state index is 0.0654. The molecule has 0 radical (unpaired) electrons. The summed E-state index contributed by atoms with van der Waals surface area (Å²) < 4.78 is 102. The highest BCUT2D eigenvalue weighted by Gasteiger charge is 2.44. The predicted octanol–water partition coefficient (Wildman–Crippen LogP) is 9.43. The summed E-state index contributed by atoms with van der Waals surface area (Å²) in [4.78, 5) is 33.5. The first kappa shape index (κ1) is 61.7. The van der Waals surface area contributed by atoms with Crippen molar-refractivity contribution in [2.75, 3.05) is 46.8 Å². The molecular weight excluding hydrogens is 1140 g/mol. The fraction of sp³-hybridized carbons (Fsp3) is 0.323. The molecule has 22 nitrogen and oxygen atoms in total. The van der Waals surface area contributed by atoms with Crippen molar-refractivity contribution in [3.05, 3.63) is 162 Å². The van der Waals surface area contributed by atoms with E-state index < -0.39 is 65.3 Å². The molecule has 452 valence electrons. The molecular formula is C62H70N10O12S2. The number of hydrogen-bond acceptors (Lipinski definition) is 17. The van der Waals surface area contributed by atoms with Crippen molar-refractivity contribution < 1.29 is 54.8 Å². The number of methoxy groups -OCH3 is 4. The molecule has 1 aliphatic heterocycles. The van der Waals surface area contributed by atoms with Crippen LogP contribution in [0.2, 0.25) is 0 Å². The number of benzene rings is 6. The second kappa shape index (κ2) is 25.8. The van der Waals surface area contributed by atoms with E-state index in [2.05, 4.69) is 25.7 Å². The van der Waals surface area contributed by atoms with Crippen molar-refractivity contribution in [1.29, 1.82) is 0 Å². The number of alkyl carbamates (subject to hydrolysis) is 1. The molecule has 2 atom stereocenters. The molecule has 1 fully saturated rings. The maximum Gasteiger partial charge on any atom is 0.410 e. The Labute approximate surface area is 500 Å². The maximum absolute atomic E-state index is 16.7. The van der Waals surface area contributed by atoms with Crippen LogP contribution in [0, 0.1) is 0 Å². The van der Waals surface area contributed by atoms with E-state index in [9.17, 15) is 9.59 Å². The zero-order valence-electron chi connectivity index (χ0n) is 49.5. The minimum Gasteiger partial charge on any atom is -0.497 e. The van der Waals surface area contributed by atoms with Gasteiger partial charge < -0.3 is 44.0 Å². The summed E-state index contributed by atoms with van der Waals surface area (Å²) in [7, 11) is -4.05. The summed E-state index contributed by atoms with van der Waals surface area (Å²) in [6, 6.07) is 37.9. The van der Waals surface area contributed by atoms with Crippen molar-refractivity contribution in [2.24, 2.45) is 0 Å². The molecule has 0 unspecified atom stereocenters. The molecule has 86 heavy (non-hydrogen) atoms. The van der Waals surface area contributed by atoms with Gasteiger partial charge in [0.2, 0.25) is 25.9 Å². The Kier molecular flexibility index (Phi) is 18.5. The van der Waals surface area contributed by atoms with Gasteiger partial charge >= 0.3 is 12.2 Å². The summed E-state index contributed by atoms with van der Waals surface area (Å²) >= 11 is 0. The lowest BCUT2D eigenvalue weighted by molar-refractivity contribution is 0.0281. The highest BCUT2D eigenvalue weighted by molar-refractivity contribution is 7.92. The molecule has 0 spiro atoms. The first-order valence-electron chi connectivity index (χ1n) is 27.5. The lowest BCUT2D eigenvalue weighted by atomic mass is 9.96. The number of ether oxygens (including phenoxy) is 6. The van der Waals surface area contributed by atoms with Crippen LogP contribution in [0.25, 0.3) is 33.4 Å². The van der Waals surface area contributed by atoms with Gasteiger partial charge in [0.15, 0.2) is 0 Å². The molecule has 9 rings (SSSR count). The monoisotopic (exact) mass is 1210 g/mol. The molecule has 6 aromatic carbocycles. The van der Waals surface area contributed by atoms with Crippen molar-refractivity contribution in [3.63, 3.8) is 0 Å². The Bertz CT molecular complexity index is 3880. The van der Waals surface area contributed by atoms with Crippen LogP contribution in [0.3, 0.4) is 0 Å². The van der Waals surface area contributed by atoms with Crippen LogP contribution in [0.5, 0.6) is 23.0 Å². The van der Waals surface area contributed by atoms with Gasteiger partial charge in [-0.1, -0.05) is 72.8 Å². The van der Waals surface area contributed by atoms with E-state index >= 15 is 16.8 Å². The fourth-order valence-corrected chi connectivity index (χ4v) is 13.4. The van der Waals surface area contributed by atoms with Crippen LogP contribution in [-0.2, 0) is 55.7 Å². The van der Waals surface area contributed by atoms with Crippen LogP contribution in [0.1, 0.15) is 63.8 Å². The highest BCUT2D eigenvalue weighted by Crippen LogP contribution is 2.43. The van der Waals surface area contributed by atoms with E-state index in [1.54, 1.807) is 129 Å². The molecule has 0 aliphatic carbocycles. The average molecular weight is 1210 g/mol. The topological polar surface area (TPSA) is 257 Å². The average Bonchev–Trinajstić information content (AvgIpc) is 0.987. The summed E-state index contributed by atoms with van der Waals surface area (Å²) in [5.41, 5.74) is 1.65. The first-order chi connectivity index (χ1) is 40.9. The standard InChI is InChI=1S/C62H70N10O12S2/c1-61(2,3)83-59(73)64-51-38-70(60(74)84-62(4,5)6)39-52(51)68-85(75,76)53-32-31-49(50-13-11-12-44-22-33-54(65-56(44)50)63-34-40-14-23-45(79-7)24-15-40)55(58-66-69-72(67-58)37-43-20-29-48(82-10)30-21-43)57(53)86(77,78)71(35-41-16-25-46(80-8)26-17-41)36-42-18-27-47(81-9)28-19-42/h11-33,51-52,68H,34-39H2,1-10H3,(H,63,65)(H,64,73)/t51-,52-/m0/s1. The van der Waals surface area contributed by atoms with Crippen LogP contribution in [0.4, 0.5) is 15.4 Å². The quantitative estimate of drug-likeness (QED) is 0.0605. The fourth-order valence-electron chi connectivity index (χ4n) is 9.67. The Morgan fingerprint density at radius 3 is 1.70 bits per heavy atom. The van der Waals surface area contributed by atoms with Gasteiger partial charge in [-0.05, 0) is 141 Å². The zero-order valence-corrected chi connectivity index (χ0v) is 51.2. The van der Waals surface area contributed by atoms with Crippen molar-refractivity contribution in [1.82, 2.24) is 44.4 Å². The van der Waals surface area contributed by atoms with Crippen molar-refractivity contribution >= 4 is 49.0 Å². The van der Waals surface area contributed by atoms with E-state index in [0.29, 0.717) is 63.0 Å². The Hall–Kier alpha value is -8.84. The number of nitrogens with one attached hydrogen (secondary N) is 3. The summed E-state index contributed by atoms with van der Waals surface area (Å²) in [6.45, 7) is 9.47. The number of hydrogen-bond donors (Lipinski definition) is 3. The highest BCUT2D eigenvalue weighted by atomic mass is 32.2. The third-order valence-corrected chi connectivity index (χ3v) is 17.4. The SMILES string of the molecule is COc1ccc(CNc2ccc3cccc(-c4ccc(S(=O)(=O)N[C@H]5CN(C(=O)OC(C)(C)C)C[C@@H]5NC(=O)OC(C)(C)C)c(S(=O)(=O)N(Cc5ccc(OC)cc5)Cc5ccc(OC)cc5)c4-c4nnn(Cc5ccc(OC)cc5)n4)c3n2)cc1. The van der Waals surface area contributed by atoms with Gasteiger partial charge in [-0.25, -0.2) is 36.1 Å². The number of anilines is 1. The molecule has 0 saturated carbocycles. The Balaban J connectivity index is 1.28. The molecule has 2 amide bonds. The third kappa shape index (κ3) is 15.0. The van der Waals surface area contributed by atoms with Crippen LogP contribution in [0.15, 0.2) is 149 Å². The van der Waals surface area contributed by atoms with Gasteiger partial charge in [-0.15, -0.1) is 10.2 Å². The number of carbonyl (C=O) groups excluding carboxylic acids is 2. The number of nitrogens with zero attached hydrogens (tertiary/aromatic N) is 7. The number of carbonyl (C=O) groups is 2. The van der Waals surface area contributed by atoms with Crippen molar-refractivity contribution in [3.8, 4) is 45.5 Å². The summed E-state index contributed by atoms with van der Waals surface area (Å²) in [5, 5.41) is 20.7. The molecule has 24 heteroatoms. The molecule has 1 saturated heterocycles. The number of rotatable bonds is 21. The lowest BCUT2D eigenvalue weighted by Crippen LogP contribution is -2.51. The van der Waals surface area contributed by atoms with Crippen LogP contribution < -0.4 is 34.3 Å². The van der Waals surface area contributed by atoms with Crippen molar-refractivity contribution in [2.45, 2.75) is 101 Å². The number of tetrazole rings is 1. The van der Waals surface area contributed by atoms with E-state index in [0.717, 1.165) is 11.1 Å². The smallest absolute Gasteiger partial charge is 0.410 e. The maximum atomic E-state index is 16.7. The second-order valence-corrected chi connectivity index (χ2v) is 26.0. The van der Waals surface area contributed by atoms with E-state index in [1.807, 2.05) is 54.6 Å². The third-order valence-electron chi connectivity index (χ3n) is 13.8. The first-order valence-corrected chi connectivity index (χ1v) is 30.5. The van der Waals surface area contributed by atoms with E-state index in [-0.39, 0.29) is 49.7 Å². The Morgan fingerprint density at radius 2 is 1.15 bits per heavy atom. The summed E-state index contributed by atoms with van der Waals surface area (Å²) in [6.07, 6.45) is -1.66. The second-order valence-electron chi connectivity index (χ2n) is 22.4. The molecule has 1 aliphatic rings. The number of fused-ring (bicyclic) bond motifs is 1. The number of sulfonamides is 2.